The lowest BCUT2D eigenvalue weighted by Gasteiger charge is -2.39. The van der Waals surface area contributed by atoms with Crippen molar-refractivity contribution in [2.24, 2.45) is 0 Å². The number of likely N-dealkylation sites (tertiary alicyclic amines) is 1. The van der Waals surface area contributed by atoms with Crippen LogP contribution in [0.25, 0.3) is 0 Å². The van der Waals surface area contributed by atoms with Gasteiger partial charge < -0.3 is 14.1 Å². The Hall–Kier alpha value is -1.54. The van der Waals surface area contributed by atoms with E-state index in [0.29, 0.717) is 0 Å². The topological polar surface area (TPSA) is 88.8 Å². The molecule has 7 nitrogen and oxygen atoms in total. The second kappa shape index (κ2) is 5.69. The number of carbonyl (C=O) groups excluding carboxylic acids is 1. The zero-order valence-electron chi connectivity index (χ0n) is 12.3. The molecule has 0 aromatic carbocycles. The van der Waals surface area contributed by atoms with E-state index in [-0.39, 0.29) is 19.6 Å². The van der Waals surface area contributed by atoms with E-state index in [0.717, 1.165) is 5.56 Å². The number of hydrogen-bond acceptors (Lipinski definition) is 5. The van der Waals surface area contributed by atoms with Gasteiger partial charge >= 0.3 is 6.09 Å². The lowest BCUT2D eigenvalue weighted by atomic mass is 10.2. The third kappa shape index (κ3) is 4.21. The van der Waals surface area contributed by atoms with Crippen molar-refractivity contribution in [3.8, 4) is 0 Å². The van der Waals surface area contributed by atoms with Crippen LogP contribution in [0.1, 0.15) is 26.3 Å². The van der Waals surface area contributed by atoms with E-state index in [1.165, 1.54) is 17.4 Å². The SMILES string of the molecule is CC(C)(C)OC(=O)N1CC(S(=O)(=O)NCc2ccoc2)C1. The van der Waals surface area contributed by atoms with E-state index < -0.39 is 27.0 Å². The van der Waals surface area contributed by atoms with Crippen LogP contribution in [0.4, 0.5) is 4.79 Å². The highest BCUT2D eigenvalue weighted by Crippen LogP contribution is 2.19. The maximum Gasteiger partial charge on any atom is 0.410 e. The first-order chi connectivity index (χ1) is 9.67. The molecule has 1 aliphatic rings. The molecule has 0 radical (unpaired) electrons. The molecule has 0 spiro atoms. The summed E-state index contributed by atoms with van der Waals surface area (Å²) in [6.45, 7) is 5.79. The van der Waals surface area contributed by atoms with Gasteiger partial charge in [0.1, 0.15) is 10.9 Å². The molecule has 1 saturated heterocycles. The minimum absolute atomic E-state index is 0.148. The average molecular weight is 316 g/mol. The van der Waals surface area contributed by atoms with Crippen LogP contribution in [0.5, 0.6) is 0 Å². The van der Waals surface area contributed by atoms with Crippen LogP contribution in [0.15, 0.2) is 23.0 Å². The molecule has 21 heavy (non-hydrogen) atoms. The molecule has 1 amide bonds. The zero-order valence-corrected chi connectivity index (χ0v) is 13.1. The second-order valence-corrected chi connectivity index (χ2v) is 8.05. The summed E-state index contributed by atoms with van der Waals surface area (Å²) in [6, 6.07) is 1.69. The van der Waals surface area contributed by atoms with Crippen molar-refractivity contribution in [3.05, 3.63) is 24.2 Å². The van der Waals surface area contributed by atoms with Gasteiger partial charge in [0, 0.05) is 25.2 Å². The van der Waals surface area contributed by atoms with Crippen LogP contribution in [0.2, 0.25) is 0 Å². The van der Waals surface area contributed by atoms with Gasteiger partial charge in [0.05, 0.1) is 12.5 Å². The number of ether oxygens (including phenoxy) is 1. The number of furan rings is 1. The molecular weight excluding hydrogens is 296 g/mol. The molecule has 2 rings (SSSR count). The van der Waals surface area contributed by atoms with E-state index in [1.807, 2.05) is 0 Å². The van der Waals surface area contributed by atoms with E-state index >= 15 is 0 Å². The van der Waals surface area contributed by atoms with Crippen molar-refractivity contribution < 1.29 is 22.4 Å². The van der Waals surface area contributed by atoms with Crippen molar-refractivity contribution in [2.75, 3.05) is 13.1 Å². The summed E-state index contributed by atoms with van der Waals surface area (Å²) < 4.78 is 36.6. The fourth-order valence-electron chi connectivity index (χ4n) is 1.80. The van der Waals surface area contributed by atoms with Crippen LogP contribution >= 0.6 is 0 Å². The van der Waals surface area contributed by atoms with Gasteiger partial charge in [0.15, 0.2) is 0 Å². The lowest BCUT2D eigenvalue weighted by Crippen LogP contribution is -2.59. The van der Waals surface area contributed by atoms with E-state index in [9.17, 15) is 13.2 Å². The van der Waals surface area contributed by atoms with Crippen LogP contribution in [-0.4, -0.2) is 43.4 Å². The number of amides is 1. The lowest BCUT2D eigenvalue weighted by molar-refractivity contribution is 0.0138. The second-order valence-electron chi connectivity index (χ2n) is 6.01. The average Bonchev–Trinajstić information content (AvgIpc) is 2.73. The van der Waals surface area contributed by atoms with Crippen molar-refractivity contribution in [1.29, 1.82) is 0 Å². The van der Waals surface area contributed by atoms with Gasteiger partial charge in [-0.15, -0.1) is 0 Å². The standard InChI is InChI=1S/C13H20N2O5S/c1-13(2,3)20-12(16)15-7-11(8-15)21(17,18)14-6-10-4-5-19-9-10/h4-5,9,11,14H,6-8H2,1-3H3. The minimum Gasteiger partial charge on any atom is -0.472 e. The Labute approximate surface area is 124 Å². The molecule has 0 atom stereocenters. The van der Waals surface area contributed by atoms with Gasteiger partial charge in [0.25, 0.3) is 0 Å². The molecule has 0 bridgehead atoms. The van der Waals surface area contributed by atoms with Crippen molar-refractivity contribution in [1.82, 2.24) is 9.62 Å². The molecule has 1 aliphatic heterocycles. The van der Waals surface area contributed by atoms with E-state index in [1.54, 1.807) is 26.8 Å². The highest BCUT2D eigenvalue weighted by atomic mass is 32.2. The number of sulfonamides is 1. The van der Waals surface area contributed by atoms with Crippen LogP contribution in [-0.2, 0) is 21.3 Å². The van der Waals surface area contributed by atoms with Crippen LogP contribution < -0.4 is 4.72 Å². The normalized spacial score (nSPS) is 16.6. The maximum atomic E-state index is 12.0. The van der Waals surface area contributed by atoms with Gasteiger partial charge in [-0.1, -0.05) is 0 Å². The summed E-state index contributed by atoms with van der Waals surface area (Å²) in [6.07, 6.45) is 2.48. The van der Waals surface area contributed by atoms with Crippen LogP contribution in [0.3, 0.4) is 0 Å². The largest absolute Gasteiger partial charge is 0.472 e. The summed E-state index contributed by atoms with van der Waals surface area (Å²) in [5.74, 6) is 0. The Morgan fingerprint density at radius 1 is 1.48 bits per heavy atom. The van der Waals surface area contributed by atoms with Gasteiger partial charge in [0.2, 0.25) is 10.0 Å². The molecular formula is C13H20N2O5S. The first-order valence-electron chi connectivity index (χ1n) is 6.65. The van der Waals surface area contributed by atoms with Gasteiger partial charge in [-0.3, -0.25) is 0 Å². The van der Waals surface area contributed by atoms with Crippen molar-refractivity contribution in [3.63, 3.8) is 0 Å². The molecule has 1 N–H and O–H groups in total. The smallest absolute Gasteiger partial charge is 0.410 e. The van der Waals surface area contributed by atoms with Crippen LogP contribution in [0, 0.1) is 0 Å². The first kappa shape index (κ1) is 15.8. The molecule has 1 fully saturated rings. The Morgan fingerprint density at radius 3 is 2.67 bits per heavy atom. The number of hydrogen-bond donors (Lipinski definition) is 1. The van der Waals surface area contributed by atoms with Gasteiger partial charge in [-0.25, -0.2) is 17.9 Å². The zero-order chi connectivity index (χ0) is 15.7. The number of rotatable bonds is 4. The maximum absolute atomic E-state index is 12.0. The van der Waals surface area contributed by atoms with Gasteiger partial charge in [-0.2, -0.15) is 0 Å². The predicted octanol–water partition coefficient (Wildman–Crippen LogP) is 1.32. The monoisotopic (exact) mass is 316 g/mol. The van der Waals surface area contributed by atoms with Gasteiger partial charge in [-0.05, 0) is 26.8 Å². The molecule has 118 valence electrons. The Balaban J connectivity index is 1.81. The highest BCUT2D eigenvalue weighted by molar-refractivity contribution is 7.90. The Bertz CT molecular complexity index is 583. The first-order valence-corrected chi connectivity index (χ1v) is 8.19. The molecule has 2 heterocycles. The summed E-state index contributed by atoms with van der Waals surface area (Å²) in [5.41, 5.74) is 0.169. The molecule has 1 aromatic rings. The Morgan fingerprint density at radius 2 is 2.14 bits per heavy atom. The summed E-state index contributed by atoms with van der Waals surface area (Å²) >= 11 is 0. The van der Waals surface area contributed by atoms with E-state index in [4.69, 9.17) is 9.15 Å². The summed E-state index contributed by atoms with van der Waals surface area (Å²) in [7, 11) is -3.45. The molecule has 1 aromatic heterocycles. The highest BCUT2D eigenvalue weighted by Gasteiger charge is 2.41. The fraction of sp³-hybridized carbons (Fsp3) is 0.615. The third-order valence-electron chi connectivity index (χ3n) is 3.00. The minimum atomic E-state index is -3.45. The molecule has 0 saturated carbocycles. The fourth-order valence-corrected chi connectivity index (χ4v) is 3.16. The summed E-state index contributed by atoms with van der Waals surface area (Å²) in [5, 5.41) is -0.600. The predicted molar refractivity (Wildman–Crippen MR) is 76.1 cm³/mol. The molecule has 0 unspecified atom stereocenters. The number of nitrogens with zero attached hydrogens (tertiary/aromatic N) is 1. The number of nitrogens with one attached hydrogen (secondary N) is 1. The van der Waals surface area contributed by atoms with E-state index in [2.05, 4.69) is 4.72 Å². The number of carbonyl (C=O) groups is 1. The van der Waals surface area contributed by atoms with Crippen molar-refractivity contribution >= 4 is 16.1 Å². The third-order valence-corrected chi connectivity index (χ3v) is 4.72. The molecule has 8 heteroatoms. The quantitative estimate of drug-likeness (QED) is 0.905. The Kier molecular flexibility index (Phi) is 4.29. The molecule has 0 aliphatic carbocycles. The summed E-state index contributed by atoms with van der Waals surface area (Å²) in [4.78, 5) is 13.1. The van der Waals surface area contributed by atoms with Crippen molar-refractivity contribution in [2.45, 2.75) is 38.2 Å².